The first-order valence-corrected chi connectivity index (χ1v) is 7.98. The summed E-state index contributed by atoms with van der Waals surface area (Å²) in [6.45, 7) is 1.94. The fourth-order valence-corrected chi connectivity index (χ4v) is 3.25. The lowest BCUT2D eigenvalue weighted by Gasteiger charge is -2.35. The molecule has 118 valence electrons. The van der Waals surface area contributed by atoms with Crippen LogP contribution in [0.4, 0.5) is 15.8 Å². The van der Waals surface area contributed by atoms with Crippen molar-refractivity contribution in [3.8, 4) is 0 Å². The number of fused-ring (bicyclic) bond motifs is 1. The van der Waals surface area contributed by atoms with Crippen LogP contribution >= 0.6 is 0 Å². The molecule has 0 amide bonds. The Morgan fingerprint density at radius 3 is 2.91 bits per heavy atom. The zero-order valence-corrected chi connectivity index (χ0v) is 12.8. The predicted molar refractivity (Wildman–Crippen MR) is 91.4 cm³/mol. The third kappa shape index (κ3) is 2.99. The molecule has 4 nitrogen and oxygen atoms in total. The van der Waals surface area contributed by atoms with Gasteiger partial charge in [-0.1, -0.05) is 0 Å². The van der Waals surface area contributed by atoms with Crippen LogP contribution in [0, 0.1) is 5.82 Å². The van der Waals surface area contributed by atoms with Gasteiger partial charge in [0.15, 0.2) is 0 Å². The van der Waals surface area contributed by atoms with Gasteiger partial charge in [0.1, 0.15) is 5.82 Å². The Hall–Kier alpha value is -2.56. The van der Waals surface area contributed by atoms with E-state index in [9.17, 15) is 4.39 Å². The van der Waals surface area contributed by atoms with Gasteiger partial charge in [-0.15, -0.1) is 0 Å². The molecule has 1 aliphatic rings. The third-order valence-corrected chi connectivity index (χ3v) is 4.42. The molecule has 2 aromatic carbocycles. The average molecular weight is 310 g/mol. The van der Waals surface area contributed by atoms with E-state index in [2.05, 4.69) is 32.5 Å². The number of rotatable bonds is 3. The van der Waals surface area contributed by atoms with E-state index in [1.807, 2.05) is 24.4 Å². The van der Waals surface area contributed by atoms with Gasteiger partial charge >= 0.3 is 0 Å². The smallest absolute Gasteiger partial charge is 0.123 e. The summed E-state index contributed by atoms with van der Waals surface area (Å²) in [4.78, 5) is 2.32. The Balaban J connectivity index is 1.47. The molecule has 2 heterocycles. The summed E-state index contributed by atoms with van der Waals surface area (Å²) >= 11 is 0. The van der Waals surface area contributed by atoms with E-state index in [1.54, 1.807) is 0 Å². The van der Waals surface area contributed by atoms with Gasteiger partial charge in [-0.3, -0.25) is 5.10 Å². The van der Waals surface area contributed by atoms with Crippen molar-refractivity contribution in [3.05, 3.63) is 54.5 Å². The van der Waals surface area contributed by atoms with Crippen LogP contribution in [-0.2, 0) is 0 Å². The second kappa shape index (κ2) is 5.91. The number of anilines is 2. The number of H-pyrrole nitrogens is 1. The summed E-state index contributed by atoms with van der Waals surface area (Å²) in [5.74, 6) is -0.186. The van der Waals surface area contributed by atoms with E-state index >= 15 is 0 Å². The van der Waals surface area contributed by atoms with E-state index < -0.39 is 0 Å². The molecule has 1 atom stereocenters. The molecule has 0 bridgehead atoms. The predicted octanol–water partition coefficient (Wildman–Crippen LogP) is 3.78. The maximum Gasteiger partial charge on any atom is 0.123 e. The number of piperidine rings is 1. The molecular weight excluding hydrogens is 291 g/mol. The Morgan fingerprint density at radius 1 is 1.17 bits per heavy atom. The van der Waals surface area contributed by atoms with Crippen molar-refractivity contribution >= 4 is 22.3 Å². The summed E-state index contributed by atoms with van der Waals surface area (Å²) in [5, 5.41) is 11.8. The number of nitrogens with zero attached hydrogens (tertiary/aromatic N) is 2. The molecule has 3 aromatic rings. The van der Waals surface area contributed by atoms with Crippen molar-refractivity contribution in [1.82, 2.24) is 10.2 Å². The van der Waals surface area contributed by atoms with E-state index in [0.29, 0.717) is 6.04 Å². The van der Waals surface area contributed by atoms with Gasteiger partial charge in [0, 0.05) is 35.9 Å². The first-order chi connectivity index (χ1) is 11.3. The minimum absolute atomic E-state index is 0.186. The second-order valence-corrected chi connectivity index (χ2v) is 6.08. The third-order valence-electron chi connectivity index (χ3n) is 4.42. The fourth-order valence-electron chi connectivity index (χ4n) is 3.25. The quantitative estimate of drug-likeness (QED) is 0.773. The van der Waals surface area contributed by atoms with E-state index in [-0.39, 0.29) is 5.82 Å². The van der Waals surface area contributed by atoms with Crippen LogP contribution in [0.1, 0.15) is 12.8 Å². The SMILES string of the molecule is Fc1ccc(N2CCCC(Nc3ccc4[nH]ncc4c3)C2)cc1. The summed E-state index contributed by atoms with van der Waals surface area (Å²) in [7, 11) is 0. The van der Waals surface area contributed by atoms with Gasteiger partial charge in [0.25, 0.3) is 0 Å². The second-order valence-electron chi connectivity index (χ2n) is 6.08. The summed E-state index contributed by atoms with van der Waals surface area (Å²) in [6, 6.07) is 13.4. The largest absolute Gasteiger partial charge is 0.381 e. The minimum atomic E-state index is -0.186. The van der Waals surface area contributed by atoms with Crippen LogP contribution in [0.3, 0.4) is 0 Å². The lowest BCUT2D eigenvalue weighted by Crippen LogP contribution is -2.42. The topological polar surface area (TPSA) is 44.0 Å². The average Bonchev–Trinajstić information content (AvgIpc) is 3.03. The molecular formula is C18H19FN4. The van der Waals surface area contributed by atoms with Crippen molar-refractivity contribution in [3.63, 3.8) is 0 Å². The first kappa shape index (κ1) is 14.1. The van der Waals surface area contributed by atoms with Crippen LogP contribution in [0.2, 0.25) is 0 Å². The van der Waals surface area contributed by atoms with Gasteiger partial charge in [-0.05, 0) is 55.3 Å². The highest BCUT2D eigenvalue weighted by Gasteiger charge is 2.20. The molecule has 23 heavy (non-hydrogen) atoms. The van der Waals surface area contributed by atoms with Gasteiger partial charge in [-0.2, -0.15) is 5.10 Å². The lowest BCUT2D eigenvalue weighted by molar-refractivity contribution is 0.530. The maximum absolute atomic E-state index is 13.1. The van der Waals surface area contributed by atoms with Gasteiger partial charge < -0.3 is 10.2 Å². The van der Waals surface area contributed by atoms with Crippen LogP contribution < -0.4 is 10.2 Å². The Morgan fingerprint density at radius 2 is 2.04 bits per heavy atom. The lowest BCUT2D eigenvalue weighted by atomic mass is 10.0. The molecule has 0 spiro atoms. The highest BCUT2D eigenvalue weighted by Crippen LogP contribution is 2.23. The summed E-state index contributed by atoms with van der Waals surface area (Å²) < 4.78 is 13.1. The standard InChI is InChI=1S/C18H19FN4/c19-14-3-6-17(7-4-14)23-9-1-2-16(12-23)21-15-5-8-18-13(10-15)11-20-22-18/h3-8,10-11,16,21H,1-2,9,12H2,(H,20,22). The highest BCUT2D eigenvalue weighted by molar-refractivity contribution is 5.81. The molecule has 0 saturated carbocycles. The number of aromatic nitrogens is 2. The maximum atomic E-state index is 13.1. The fraction of sp³-hybridized carbons (Fsp3) is 0.278. The molecule has 1 saturated heterocycles. The monoisotopic (exact) mass is 310 g/mol. The van der Waals surface area contributed by atoms with Crippen molar-refractivity contribution in [2.24, 2.45) is 0 Å². The van der Waals surface area contributed by atoms with E-state index in [0.717, 1.165) is 48.2 Å². The molecule has 1 aromatic heterocycles. The van der Waals surface area contributed by atoms with Crippen LogP contribution in [0.5, 0.6) is 0 Å². The van der Waals surface area contributed by atoms with Gasteiger partial charge in [0.05, 0.1) is 11.7 Å². The normalized spacial score (nSPS) is 18.3. The summed E-state index contributed by atoms with van der Waals surface area (Å²) in [5.41, 5.74) is 3.25. The number of hydrogen-bond donors (Lipinski definition) is 2. The van der Waals surface area contributed by atoms with Crippen LogP contribution in [0.25, 0.3) is 10.9 Å². The number of nitrogens with one attached hydrogen (secondary N) is 2. The number of benzene rings is 2. The number of aromatic amines is 1. The van der Waals surface area contributed by atoms with Crippen molar-refractivity contribution in [2.45, 2.75) is 18.9 Å². The van der Waals surface area contributed by atoms with Gasteiger partial charge in [-0.25, -0.2) is 4.39 Å². The Kier molecular flexibility index (Phi) is 3.61. The first-order valence-electron chi connectivity index (χ1n) is 7.98. The zero-order valence-electron chi connectivity index (χ0n) is 12.8. The Bertz CT molecular complexity index is 796. The molecule has 1 aliphatic heterocycles. The molecule has 1 fully saturated rings. The van der Waals surface area contributed by atoms with Gasteiger partial charge in [0.2, 0.25) is 0 Å². The zero-order chi connectivity index (χ0) is 15.6. The molecule has 4 rings (SSSR count). The number of hydrogen-bond acceptors (Lipinski definition) is 3. The van der Waals surface area contributed by atoms with Crippen molar-refractivity contribution in [1.29, 1.82) is 0 Å². The number of halogens is 1. The molecule has 0 radical (unpaired) electrons. The van der Waals surface area contributed by atoms with E-state index in [1.165, 1.54) is 12.1 Å². The van der Waals surface area contributed by atoms with Crippen LogP contribution in [0.15, 0.2) is 48.7 Å². The van der Waals surface area contributed by atoms with Crippen molar-refractivity contribution in [2.75, 3.05) is 23.3 Å². The Labute approximate surface area is 134 Å². The minimum Gasteiger partial charge on any atom is -0.381 e. The molecule has 5 heteroatoms. The molecule has 0 aliphatic carbocycles. The highest BCUT2D eigenvalue weighted by atomic mass is 19.1. The van der Waals surface area contributed by atoms with E-state index in [4.69, 9.17) is 0 Å². The summed E-state index contributed by atoms with van der Waals surface area (Å²) in [6.07, 6.45) is 4.11. The molecule has 1 unspecified atom stereocenters. The van der Waals surface area contributed by atoms with Crippen LogP contribution in [-0.4, -0.2) is 29.3 Å². The van der Waals surface area contributed by atoms with Crippen molar-refractivity contribution < 1.29 is 4.39 Å². The molecule has 2 N–H and O–H groups in total.